The smallest absolute Gasteiger partial charge is 0.410 e. The monoisotopic (exact) mass is 402 g/mol. The zero-order valence-corrected chi connectivity index (χ0v) is 18.1. The van der Waals surface area contributed by atoms with E-state index in [4.69, 9.17) is 9.47 Å². The third-order valence-corrected chi connectivity index (χ3v) is 5.58. The Labute approximate surface area is 171 Å². The maximum Gasteiger partial charge on any atom is 0.410 e. The van der Waals surface area contributed by atoms with Gasteiger partial charge in [-0.2, -0.15) is 0 Å². The minimum Gasteiger partial charge on any atom is -0.468 e. The molecule has 2 unspecified atom stereocenters. The lowest BCUT2D eigenvalue weighted by Gasteiger charge is -2.38. The van der Waals surface area contributed by atoms with Crippen molar-refractivity contribution in [3.8, 4) is 0 Å². The van der Waals surface area contributed by atoms with Gasteiger partial charge >= 0.3 is 12.1 Å². The number of benzene rings is 1. The highest BCUT2D eigenvalue weighted by atomic mass is 16.6. The van der Waals surface area contributed by atoms with E-state index in [1.54, 1.807) is 9.80 Å². The number of methoxy groups -OCH3 is 1. The van der Waals surface area contributed by atoms with E-state index in [2.05, 4.69) is 13.0 Å². The lowest BCUT2D eigenvalue weighted by atomic mass is 9.81. The Morgan fingerprint density at radius 1 is 1.21 bits per heavy atom. The molecule has 1 aromatic carbocycles. The highest BCUT2D eigenvalue weighted by molar-refractivity contribution is 6.00. The predicted octanol–water partition coefficient (Wildman–Crippen LogP) is 2.89. The molecule has 0 spiro atoms. The number of amides is 2. The van der Waals surface area contributed by atoms with Crippen LogP contribution >= 0.6 is 0 Å². The molecule has 2 atom stereocenters. The highest BCUT2D eigenvalue weighted by Crippen LogP contribution is 2.40. The van der Waals surface area contributed by atoms with Crippen molar-refractivity contribution in [3.05, 3.63) is 34.4 Å². The topological polar surface area (TPSA) is 76.2 Å². The van der Waals surface area contributed by atoms with Crippen LogP contribution in [-0.4, -0.2) is 66.2 Å². The molecule has 1 aromatic rings. The standard InChI is InChI=1S/C22H30N2O5/c1-7-14-8-13(2)19-15(9-14)16-10-23(21(27)29-22(3,4)5)11-17(16)24(20(19)26)12-18(25)28-6/h8-9,16-17H,7,10-12H2,1-6H3. The molecule has 2 heterocycles. The van der Waals surface area contributed by atoms with Crippen LogP contribution in [0.3, 0.4) is 0 Å². The molecule has 3 rings (SSSR count). The van der Waals surface area contributed by atoms with Gasteiger partial charge in [0.15, 0.2) is 0 Å². The van der Waals surface area contributed by atoms with Gasteiger partial charge in [-0.25, -0.2) is 4.79 Å². The van der Waals surface area contributed by atoms with Crippen molar-refractivity contribution in [2.24, 2.45) is 0 Å². The fraction of sp³-hybridized carbons (Fsp3) is 0.591. The Bertz CT molecular complexity index is 842. The summed E-state index contributed by atoms with van der Waals surface area (Å²) >= 11 is 0. The maximum absolute atomic E-state index is 13.3. The van der Waals surface area contributed by atoms with Gasteiger partial charge in [-0.1, -0.05) is 19.1 Å². The lowest BCUT2D eigenvalue weighted by molar-refractivity contribution is -0.141. The Balaban J connectivity index is 2.01. The van der Waals surface area contributed by atoms with Gasteiger partial charge in [0.25, 0.3) is 5.91 Å². The van der Waals surface area contributed by atoms with E-state index < -0.39 is 17.7 Å². The van der Waals surface area contributed by atoms with Crippen molar-refractivity contribution in [1.29, 1.82) is 0 Å². The van der Waals surface area contributed by atoms with Crippen molar-refractivity contribution in [2.75, 3.05) is 26.7 Å². The van der Waals surface area contributed by atoms with E-state index in [0.717, 1.165) is 23.1 Å². The van der Waals surface area contributed by atoms with E-state index in [1.807, 2.05) is 33.8 Å². The molecular formula is C22H30N2O5. The number of carbonyl (C=O) groups is 3. The van der Waals surface area contributed by atoms with Gasteiger partial charge in [0.1, 0.15) is 12.1 Å². The number of fused-ring (bicyclic) bond motifs is 3. The molecule has 0 bridgehead atoms. The average Bonchev–Trinajstić information content (AvgIpc) is 3.08. The summed E-state index contributed by atoms with van der Waals surface area (Å²) < 4.78 is 10.3. The maximum atomic E-state index is 13.3. The van der Waals surface area contributed by atoms with Gasteiger partial charge in [0.2, 0.25) is 0 Å². The summed E-state index contributed by atoms with van der Waals surface area (Å²) in [6.45, 7) is 10.1. The van der Waals surface area contributed by atoms with Crippen LogP contribution in [0.15, 0.2) is 12.1 Å². The molecule has 29 heavy (non-hydrogen) atoms. The molecule has 158 valence electrons. The van der Waals surface area contributed by atoms with E-state index in [1.165, 1.54) is 7.11 Å². The molecule has 1 fully saturated rings. The summed E-state index contributed by atoms with van der Waals surface area (Å²) in [4.78, 5) is 41.2. The molecule has 0 saturated carbocycles. The number of carbonyl (C=O) groups excluding carboxylic acids is 3. The normalized spacial score (nSPS) is 21.0. The van der Waals surface area contributed by atoms with Crippen molar-refractivity contribution in [3.63, 3.8) is 0 Å². The molecule has 1 saturated heterocycles. The third kappa shape index (κ3) is 4.09. The molecule has 0 aromatic heterocycles. The number of rotatable bonds is 3. The molecule has 7 heteroatoms. The second-order valence-corrected chi connectivity index (χ2v) is 8.80. The summed E-state index contributed by atoms with van der Waals surface area (Å²) in [5.74, 6) is -0.720. The fourth-order valence-electron chi connectivity index (χ4n) is 4.25. The zero-order valence-electron chi connectivity index (χ0n) is 18.1. The minimum absolute atomic E-state index is 0.0647. The quantitative estimate of drug-likeness (QED) is 0.727. The third-order valence-electron chi connectivity index (χ3n) is 5.58. The second-order valence-electron chi connectivity index (χ2n) is 8.80. The molecule has 2 aliphatic heterocycles. The molecule has 0 N–H and O–H groups in total. The summed E-state index contributed by atoms with van der Waals surface area (Å²) in [5, 5.41) is 0. The van der Waals surface area contributed by atoms with E-state index >= 15 is 0 Å². The first-order valence-electron chi connectivity index (χ1n) is 10.0. The fourth-order valence-corrected chi connectivity index (χ4v) is 4.25. The number of ether oxygens (including phenoxy) is 2. The van der Waals surface area contributed by atoms with E-state index in [9.17, 15) is 14.4 Å². The number of esters is 1. The molecule has 2 aliphatic rings. The number of aryl methyl sites for hydroxylation is 2. The minimum atomic E-state index is -0.601. The summed E-state index contributed by atoms with van der Waals surface area (Å²) in [6, 6.07) is 3.81. The van der Waals surface area contributed by atoms with Gasteiger partial charge in [0, 0.05) is 24.6 Å². The first kappa shape index (κ1) is 21.1. The number of likely N-dealkylation sites (tertiary alicyclic amines) is 1. The van der Waals surface area contributed by atoms with Crippen LogP contribution in [0.2, 0.25) is 0 Å². The van der Waals surface area contributed by atoms with Crippen LogP contribution < -0.4 is 0 Å². The van der Waals surface area contributed by atoms with E-state index in [0.29, 0.717) is 18.7 Å². The highest BCUT2D eigenvalue weighted by Gasteiger charge is 2.48. The Morgan fingerprint density at radius 3 is 2.48 bits per heavy atom. The lowest BCUT2D eigenvalue weighted by Crippen LogP contribution is -2.51. The first-order chi connectivity index (χ1) is 13.6. The average molecular weight is 402 g/mol. The summed E-state index contributed by atoms with van der Waals surface area (Å²) in [5.41, 5.74) is 3.05. The van der Waals surface area contributed by atoms with Gasteiger partial charge in [-0.05, 0) is 50.8 Å². The molecule has 7 nitrogen and oxygen atoms in total. The van der Waals surface area contributed by atoms with Crippen molar-refractivity contribution < 1.29 is 23.9 Å². The van der Waals surface area contributed by atoms with Crippen molar-refractivity contribution in [2.45, 2.75) is 58.6 Å². The van der Waals surface area contributed by atoms with Crippen LogP contribution in [0.25, 0.3) is 0 Å². The van der Waals surface area contributed by atoms with Crippen LogP contribution in [0.5, 0.6) is 0 Å². The first-order valence-corrected chi connectivity index (χ1v) is 10.0. The Kier molecular flexibility index (Phi) is 5.61. The van der Waals surface area contributed by atoms with Crippen LogP contribution in [0, 0.1) is 6.92 Å². The molecular weight excluding hydrogens is 372 g/mol. The predicted molar refractivity (Wildman–Crippen MR) is 108 cm³/mol. The second kappa shape index (κ2) is 7.69. The van der Waals surface area contributed by atoms with Crippen LogP contribution in [-0.2, 0) is 20.7 Å². The van der Waals surface area contributed by atoms with Gasteiger partial charge in [0.05, 0.1) is 13.2 Å². The number of hydrogen-bond donors (Lipinski definition) is 0. The number of hydrogen-bond acceptors (Lipinski definition) is 5. The van der Waals surface area contributed by atoms with Crippen LogP contribution in [0.1, 0.15) is 60.7 Å². The SMILES string of the molecule is CCc1cc(C)c2c(c1)C1CN(C(=O)OC(C)(C)C)CC1N(CC(=O)OC)C2=O. The summed E-state index contributed by atoms with van der Waals surface area (Å²) in [6.07, 6.45) is 0.462. The largest absolute Gasteiger partial charge is 0.468 e. The Hall–Kier alpha value is -2.57. The van der Waals surface area contributed by atoms with Crippen molar-refractivity contribution in [1.82, 2.24) is 9.80 Å². The summed E-state index contributed by atoms with van der Waals surface area (Å²) in [7, 11) is 1.31. The van der Waals surface area contributed by atoms with Gasteiger partial charge in [-0.15, -0.1) is 0 Å². The van der Waals surface area contributed by atoms with Gasteiger partial charge in [-0.3, -0.25) is 9.59 Å². The van der Waals surface area contributed by atoms with Gasteiger partial charge < -0.3 is 19.3 Å². The van der Waals surface area contributed by atoms with Crippen molar-refractivity contribution >= 4 is 18.0 Å². The van der Waals surface area contributed by atoms with Crippen LogP contribution in [0.4, 0.5) is 4.79 Å². The number of nitrogens with zero attached hydrogens (tertiary/aromatic N) is 2. The zero-order chi connectivity index (χ0) is 21.5. The Morgan fingerprint density at radius 2 is 1.90 bits per heavy atom. The molecule has 0 radical (unpaired) electrons. The molecule has 0 aliphatic carbocycles. The molecule has 2 amide bonds. The van der Waals surface area contributed by atoms with E-state index in [-0.39, 0.29) is 24.4 Å².